The molecule has 216 valence electrons. The van der Waals surface area contributed by atoms with E-state index in [2.05, 4.69) is 30.1 Å². The van der Waals surface area contributed by atoms with Crippen LogP contribution >= 0.6 is 54.1 Å². The largest absolute Gasteiger partial charge is 0.477 e. The summed E-state index contributed by atoms with van der Waals surface area (Å²) >= 11 is 4.97. The van der Waals surface area contributed by atoms with Crippen LogP contribution in [0.3, 0.4) is 0 Å². The van der Waals surface area contributed by atoms with Crippen molar-refractivity contribution in [3.05, 3.63) is 28.5 Å². The number of aromatic nitrogens is 3. The van der Waals surface area contributed by atoms with Crippen LogP contribution in [0, 0.1) is 0 Å². The minimum Gasteiger partial charge on any atom is -0.477 e. The van der Waals surface area contributed by atoms with E-state index in [1.165, 1.54) is 52.4 Å². The first-order valence-corrected chi connectivity index (χ1v) is 16.8. The van der Waals surface area contributed by atoms with Crippen molar-refractivity contribution in [3.63, 3.8) is 0 Å². The average Bonchev–Trinajstić information content (AvgIpc) is 3.60. The predicted molar refractivity (Wildman–Crippen MR) is 150 cm³/mol. The number of thioether (sulfide) groups is 2. The highest BCUT2D eigenvalue weighted by molar-refractivity contribution is 8.01. The van der Waals surface area contributed by atoms with Crippen molar-refractivity contribution in [1.29, 1.82) is 0 Å². The zero-order chi connectivity index (χ0) is 28.9. The highest BCUT2D eigenvalue weighted by atomic mass is 32.2. The summed E-state index contributed by atoms with van der Waals surface area (Å²) in [5.41, 5.74) is 0.365. The van der Waals surface area contributed by atoms with Gasteiger partial charge >= 0.3 is 13.7 Å². The van der Waals surface area contributed by atoms with Gasteiger partial charge in [-0.2, -0.15) is 0 Å². The Bertz CT molecular complexity index is 1360. The molecule has 2 aliphatic rings. The molecular formula is C20H24N7O8PS4. The van der Waals surface area contributed by atoms with E-state index in [4.69, 9.17) is 13.9 Å². The topological polar surface area (TPSA) is 195 Å². The molecule has 0 unspecified atom stereocenters. The highest BCUT2D eigenvalue weighted by Gasteiger charge is 2.54. The normalized spacial score (nSPS) is 19.2. The lowest BCUT2D eigenvalue weighted by Crippen LogP contribution is -2.71. The number of fused-ring (bicyclic) bond motifs is 1. The van der Waals surface area contributed by atoms with E-state index < -0.39 is 36.9 Å². The van der Waals surface area contributed by atoms with Crippen molar-refractivity contribution in [2.24, 2.45) is 5.16 Å². The number of hydrogen-bond donors (Lipinski definition) is 3. The summed E-state index contributed by atoms with van der Waals surface area (Å²) < 4.78 is 27.8. The summed E-state index contributed by atoms with van der Waals surface area (Å²) in [6.07, 6.45) is 1.59. The van der Waals surface area contributed by atoms with E-state index in [1.54, 1.807) is 20.0 Å². The molecule has 0 bridgehead atoms. The summed E-state index contributed by atoms with van der Waals surface area (Å²) in [7, 11) is -2.42. The number of thiazole rings is 1. The Hall–Kier alpha value is -2.54. The van der Waals surface area contributed by atoms with Crippen LogP contribution in [0.1, 0.15) is 19.5 Å². The van der Waals surface area contributed by atoms with E-state index in [9.17, 15) is 24.1 Å². The second-order valence-corrected chi connectivity index (χ2v) is 13.5. The molecule has 2 aromatic rings. The molecule has 0 saturated carbocycles. The molecule has 15 nitrogen and oxygen atoms in total. The maximum Gasteiger partial charge on any atom is 0.434 e. The van der Waals surface area contributed by atoms with Crippen LogP contribution in [-0.2, 0) is 32.8 Å². The quantitative estimate of drug-likeness (QED) is 0.0888. The van der Waals surface area contributed by atoms with Gasteiger partial charge in [0.1, 0.15) is 34.1 Å². The number of anilines is 1. The van der Waals surface area contributed by atoms with Crippen molar-refractivity contribution in [1.82, 2.24) is 24.8 Å². The Morgan fingerprint density at radius 1 is 1.32 bits per heavy atom. The SMILES string of the molecule is CCOP(=O)(Nc1nc(C(=NOC)C(=O)N[C@@H]2C(=O)N3C(C(=O)O)=C(CSc4cnns4)CS[C@H]23)cs1)OCC. The molecule has 2 amide bonds. The first-order valence-electron chi connectivity index (χ1n) is 11.6. The van der Waals surface area contributed by atoms with Gasteiger partial charge in [0, 0.05) is 16.9 Å². The molecule has 0 aromatic carbocycles. The molecule has 1 saturated heterocycles. The third kappa shape index (κ3) is 6.67. The van der Waals surface area contributed by atoms with Gasteiger partial charge in [0.15, 0.2) is 10.8 Å². The van der Waals surface area contributed by atoms with Crippen LogP contribution in [0.2, 0.25) is 0 Å². The second-order valence-electron chi connectivity index (χ2n) is 7.75. The van der Waals surface area contributed by atoms with Crippen LogP contribution in [0.4, 0.5) is 5.13 Å². The van der Waals surface area contributed by atoms with Gasteiger partial charge in [-0.15, -0.1) is 40.0 Å². The van der Waals surface area contributed by atoms with E-state index in [0.717, 1.165) is 15.5 Å². The molecule has 0 radical (unpaired) electrons. The van der Waals surface area contributed by atoms with Crippen LogP contribution in [0.25, 0.3) is 0 Å². The van der Waals surface area contributed by atoms with Gasteiger partial charge < -0.3 is 15.3 Å². The monoisotopic (exact) mass is 649 g/mol. The van der Waals surface area contributed by atoms with Crippen molar-refractivity contribution >= 4 is 82.8 Å². The molecule has 40 heavy (non-hydrogen) atoms. The fraction of sp³-hybridized carbons (Fsp3) is 0.450. The number of carboxylic acids is 1. The van der Waals surface area contributed by atoms with Crippen molar-refractivity contribution in [2.45, 2.75) is 29.5 Å². The summed E-state index contributed by atoms with van der Waals surface area (Å²) in [5.74, 6) is -1.81. The van der Waals surface area contributed by atoms with Gasteiger partial charge in [0.05, 0.1) is 19.4 Å². The number of amides is 2. The number of aliphatic carboxylic acids is 1. The van der Waals surface area contributed by atoms with Crippen molar-refractivity contribution in [3.8, 4) is 0 Å². The molecule has 2 aliphatic heterocycles. The number of nitrogens with one attached hydrogen (secondary N) is 2. The number of oxime groups is 1. The van der Waals surface area contributed by atoms with E-state index >= 15 is 0 Å². The first-order chi connectivity index (χ1) is 19.2. The molecule has 3 N–H and O–H groups in total. The number of carbonyl (C=O) groups excluding carboxylic acids is 2. The van der Waals surface area contributed by atoms with Gasteiger partial charge in [0.2, 0.25) is 0 Å². The number of carbonyl (C=O) groups is 3. The van der Waals surface area contributed by atoms with E-state index in [1.807, 2.05) is 0 Å². The van der Waals surface area contributed by atoms with Crippen LogP contribution < -0.4 is 10.4 Å². The first kappa shape index (κ1) is 30.4. The lowest BCUT2D eigenvalue weighted by atomic mass is 10.0. The third-order valence-corrected chi connectivity index (χ3v) is 11.1. The van der Waals surface area contributed by atoms with Crippen LogP contribution in [0.5, 0.6) is 0 Å². The fourth-order valence-corrected chi connectivity index (χ4v) is 8.83. The molecule has 2 aromatic heterocycles. The minimum absolute atomic E-state index is 0.0850. The smallest absolute Gasteiger partial charge is 0.434 e. The summed E-state index contributed by atoms with van der Waals surface area (Å²) in [6, 6.07) is -0.985. The van der Waals surface area contributed by atoms with Crippen LogP contribution in [0.15, 0.2) is 32.2 Å². The molecule has 1 fully saturated rings. The maximum atomic E-state index is 13.2. The number of rotatable bonds is 14. The third-order valence-electron chi connectivity index (χ3n) is 5.24. The number of hydrogen-bond acceptors (Lipinski definition) is 15. The number of carboxylic acid groups (broad SMARTS) is 1. The Kier molecular flexibility index (Phi) is 10.2. The summed E-state index contributed by atoms with van der Waals surface area (Å²) in [5, 5.41) is 23.7. The minimum atomic E-state index is -3.66. The summed E-state index contributed by atoms with van der Waals surface area (Å²) in [4.78, 5) is 48.6. The molecule has 4 heterocycles. The number of β-lactam (4-membered cyclic amide) rings is 1. The molecular weight excluding hydrogens is 626 g/mol. The Morgan fingerprint density at radius 3 is 2.70 bits per heavy atom. The molecule has 4 rings (SSSR count). The van der Waals surface area contributed by atoms with E-state index in [-0.39, 0.29) is 35.4 Å². The van der Waals surface area contributed by atoms with Crippen molar-refractivity contribution < 1.29 is 37.9 Å². The highest BCUT2D eigenvalue weighted by Crippen LogP contribution is 2.48. The van der Waals surface area contributed by atoms with Gasteiger partial charge in [-0.3, -0.25) is 28.6 Å². The lowest BCUT2D eigenvalue weighted by molar-refractivity contribution is -0.150. The number of nitrogens with zero attached hydrogens (tertiary/aromatic N) is 5. The van der Waals surface area contributed by atoms with Gasteiger partial charge in [-0.05, 0) is 31.0 Å². The summed E-state index contributed by atoms with van der Waals surface area (Å²) in [6.45, 7) is 3.60. The maximum absolute atomic E-state index is 13.2. The standard InChI is InChI=1S/C20H24N7O8PS4/c1-4-34-36(32,35-5-2)25-20-22-11(9-39-20)13(24-33-3)16(28)23-14-17(29)27-15(19(30)31)10(8-38-18(14)27)7-37-12-6-21-26-40-12/h6,9,14,18H,4-5,7-8H2,1-3H3,(H,23,28)(H,30,31)(H,22,25,32)/t14-,18-/m1/s1. The Balaban J connectivity index is 1.46. The van der Waals surface area contributed by atoms with Gasteiger partial charge in [-0.25, -0.2) is 14.3 Å². The average molecular weight is 650 g/mol. The van der Waals surface area contributed by atoms with E-state index in [0.29, 0.717) is 17.1 Å². The lowest BCUT2D eigenvalue weighted by Gasteiger charge is -2.49. The van der Waals surface area contributed by atoms with Gasteiger partial charge in [-0.1, -0.05) is 9.64 Å². The fourth-order valence-electron chi connectivity index (χ4n) is 3.67. The van der Waals surface area contributed by atoms with Crippen molar-refractivity contribution in [2.75, 3.05) is 36.9 Å². The van der Waals surface area contributed by atoms with Crippen LogP contribution in [-0.4, -0.2) is 91.3 Å². The van der Waals surface area contributed by atoms with Gasteiger partial charge in [0.25, 0.3) is 11.8 Å². The molecule has 20 heteroatoms. The zero-order valence-corrected chi connectivity index (χ0v) is 25.4. The molecule has 0 spiro atoms. The second kappa shape index (κ2) is 13.4. The Labute approximate surface area is 244 Å². The Morgan fingerprint density at radius 2 is 2.08 bits per heavy atom. The predicted octanol–water partition coefficient (Wildman–Crippen LogP) is 2.47. The zero-order valence-electron chi connectivity index (χ0n) is 21.3. The molecule has 0 aliphatic carbocycles. The molecule has 2 atom stereocenters.